The molecule has 3 aromatic carbocycles. The van der Waals surface area contributed by atoms with E-state index in [1.165, 1.54) is 19.3 Å². The van der Waals surface area contributed by atoms with Crippen molar-refractivity contribution in [1.29, 1.82) is 0 Å². The van der Waals surface area contributed by atoms with Crippen LogP contribution in [0.25, 0.3) is 16.9 Å². The van der Waals surface area contributed by atoms with Crippen LogP contribution in [0, 0.1) is 5.92 Å². The number of nitrogens with zero attached hydrogens (tertiary/aromatic N) is 4. The van der Waals surface area contributed by atoms with E-state index in [4.69, 9.17) is 14.5 Å². The van der Waals surface area contributed by atoms with Crippen molar-refractivity contribution in [2.75, 3.05) is 51.3 Å². The summed E-state index contributed by atoms with van der Waals surface area (Å²) in [4.78, 5) is 23.9. The zero-order valence-corrected chi connectivity index (χ0v) is 24.5. The summed E-state index contributed by atoms with van der Waals surface area (Å²) in [5, 5.41) is 3.43. The maximum absolute atomic E-state index is 14.5. The number of nitrogens with one attached hydrogen (secondary N) is 1. The number of hydrogen-bond acceptors (Lipinski definition) is 6. The Kier molecular flexibility index (Phi) is 8.01. The molecular weight excluding hydrogens is 538 g/mol. The maximum atomic E-state index is 14.5. The molecule has 7 rings (SSSR count). The average molecular weight is 578 g/mol. The van der Waals surface area contributed by atoms with Crippen molar-refractivity contribution in [3.63, 3.8) is 0 Å². The fourth-order valence-corrected chi connectivity index (χ4v) is 6.46. The van der Waals surface area contributed by atoms with Crippen molar-refractivity contribution < 1.29 is 14.3 Å². The molecule has 1 N–H and O–H groups in total. The van der Waals surface area contributed by atoms with Gasteiger partial charge in [0.2, 0.25) is 0 Å². The van der Waals surface area contributed by atoms with Crippen LogP contribution >= 0.6 is 0 Å². The van der Waals surface area contributed by atoms with Gasteiger partial charge in [-0.3, -0.25) is 14.3 Å². The summed E-state index contributed by atoms with van der Waals surface area (Å²) < 4.78 is 13.9. The van der Waals surface area contributed by atoms with Gasteiger partial charge < -0.3 is 19.7 Å². The first-order valence-corrected chi connectivity index (χ1v) is 15.6. The number of anilines is 1. The van der Waals surface area contributed by atoms with Gasteiger partial charge >= 0.3 is 0 Å². The second-order valence-electron chi connectivity index (χ2n) is 11.8. The van der Waals surface area contributed by atoms with Gasteiger partial charge in [-0.05, 0) is 49.1 Å². The molecule has 0 radical (unpaired) electrons. The minimum Gasteiger partial charge on any atom is -0.494 e. The Morgan fingerprint density at radius 1 is 1.00 bits per heavy atom. The molecule has 8 nitrogen and oxygen atoms in total. The second kappa shape index (κ2) is 12.5. The van der Waals surface area contributed by atoms with E-state index in [2.05, 4.69) is 16.3 Å². The molecular formula is C35H39N5O3. The van der Waals surface area contributed by atoms with Crippen LogP contribution in [0.4, 0.5) is 5.69 Å². The van der Waals surface area contributed by atoms with E-state index in [0.29, 0.717) is 25.5 Å². The Morgan fingerprint density at radius 2 is 1.81 bits per heavy atom. The standard InChI is InChI=1S/C35H39N5O3/c41-35(39-19-18-38(23-26-8-7-9-26)24-29(39)16-20-42-30-12-5-2-6-13-30)33-34(27-10-3-1-4-11-27)40(25-37-33)28-14-15-32-31(22-28)36-17-21-43-32/h1-6,10-15,22,25-26,29,36H,7-9,16-21,23-24H2/t29-/m1/s1. The number of piperazine rings is 1. The lowest BCUT2D eigenvalue weighted by atomic mass is 9.85. The number of ether oxygens (including phenoxy) is 2. The second-order valence-corrected chi connectivity index (χ2v) is 11.8. The Balaban J connectivity index is 1.18. The zero-order chi connectivity index (χ0) is 29.0. The predicted octanol–water partition coefficient (Wildman–Crippen LogP) is 5.74. The van der Waals surface area contributed by atoms with E-state index < -0.39 is 0 Å². The van der Waals surface area contributed by atoms with Crippen molar-refractivity contribution >= 4 is 11.6 Å². The minimum absolute atomic E-state index is 0.0231. The first kappa shape index (κ1) is 27.5. The number of aromatic nitrogens is 2. The summed E-state index contributed by atoms with van der Waals surface area (Å²) in [6.07, 6.45) is 6.53. The summed E-state index contributed by atoms with van der Waals surface area (Å²) in [5.41, 5.74) is 4.12. The van der Waals surface area contributed by atoms with E-state index >= 15 is 0 Å². The normalized spacial score (nSPS) is 18.7. The largest absolute Gasteiger partial charge is 0.494 e. The number of benzene rings is 3. The molecule has 0 bridgehead atoms. The Labute approximate surface area is 253 Å². The average Bonchev–Trinajstić information content (AvgIpc) is 3.49. The van der Waals surface area contributed by atoms with Gasteiger partial charge in [-0.15, -0.1) is 0 Å². The van der Waals surface area contributed by atoms with Gasteiger partial charge in [-0.1, -0.05) is 55.0 Å². The number of hydrogen-bond donors (Lipinski definition) is 1. The van der Waals surface area contributed by atoms with Crippen LogP contribution < -0.4 is 14.8 Å². The number of para-hydroxylation sites is 1. The van der Waals surface area contributed by atoms with Crippen LogP contribution in [0.5, 0.6) is 11.5 Å². The molecule has 1 saturated heterocycles. The number of imidazole rings is 1. The quantitative estimate of drug-likeness (QED) is 0.274. The van der Waals surface area contributed by atoms with Gasteiger partial charge in [-0.2, -0.15) is 0 Å². The third-order valence-electron chi connectivity index (χ3n) is 8.97. The molecule has 1 aromatic heterocycles. The van der Waals surface area contributed by atoms with Gasteiger partial charge in [0, 0.05) is 56.4 Å². The SMILES string of the molecule is O=C(c1ncn(-c2ccc3c(c2)NCCO3)c1-c1ccccc1)N1CCN(CC2CCC2)C[C@H]1CCOc1ccccc1. The topological polar surface area (TPSA) is 71.9 Å². The van der Waals surface area contributed by atoms with Crippen molar-refractivity contribution in [2.45, 2.75) is 31.7 Å². The highest BCUT2D eigenvalue weighted by molar-refractivity contribution is 5.99. The van der Waals surface area contributed by atoms with Crippen LogP contribution in [0.1, 0.15) is 36.2 Å². The van der Waals surface area contributed by atoms with Crippen molar-refractivity contribution in [2.24, 2.45) is 5.92 Å². The lowest BCUT2D eigenvalue weighted by Crippen LogP contribution is -2.56. The molecule has 8 heteroatoms. The molecule has 4 aromatic rings. The van der Waals surface area contributed by atoms with Crippen molar-refractivity contribution in [3.8, 4) is 28.4 Å². The lowest BCUT2D eigenvalue weighted by Gasteiger charge is -2.43. The fraction of sp³-hybridized carbons (Fsp3) is 0.371. The van der Waals surface area contributed by atoms with Gasteiger partial charge in [0.05, 0.1) is 18.0 Å². The van der Waals surface area contributed by atoms with Crippen LogP contribution in [0.2, 0.25) is 0 Å². The molecule has 1 atom stereocenters. The molecule has 43 heavy (non-hydrogen) atoms. The van der Waals surface area contributed by atoms with E-state index in [1.807, 2.05) is 82.3 Å². The van der Waals surface area contributed by atoms with Crippen molar-refractivity contribution in [3.05, 3.63) is 90.9 Å². The Morgan fingerprint density at radius 3 is 2.60 bits per heavy atom. The smallest absolute Gasteiger partial charge is 0.275 e. The van der Waals surface area contributed by atoms with E-state index in [9.17, 15) is 4.79 Å². The van der Waals surface area contributed by atoms with Crippen LogP contribution in [-0.2, 0) is 0 Å². The molecule has 1 amide bonds. The lowest BCUT2D eigenvalue weighted by molar-refractivity contribution is 0.0331. The van der Waals surface area contributed by atoms with Crippen molar-refractivity contribution in [1.82, 2.24) is 19.4 Å². The number of amides is 1. The Hall–Kier alpha value is -4.30. The number of fused-ring (bicyclic) bond motifs is 1. The molecule has 3 heterocycles. The zero-order valence-electron chi connectivity index (χ0n) is 24.5. The Bertz CT molecular complexity index is 1540. The molecule has 3 aliphatic rings. The molecule has 0 unspecified atom stereocenters. The first-order chi connectivity index (χ1) is 21.2. The highest BCUT2D eigenvalue weighted by Crippen LogP contribution is 2.34. The van der Waals surface area contributed by atoms with Gasteiger partial charge in [0.15, 0.2) is 5.69 Å². The monoisotopic (exact) mass is 577 g/mol. The number of rotatable bonds is 9. The van der Waals surface area contributed by atoms with E-state index in [1.54, 1.807) is 6.33 Å². The van der Waals surface area contributed by atoms with Gasteiger partial charge in [0.25, 0.3) is 5.91 Å². The molecule has 2 fully saturated rings. The minimum atomic E-state index is -0.0231. The predicted molar refractivity (Wildman–Crippen MR) is 168 cm³/mol. The molecule has 222 valence electrons. The molecule has 1 saturated carbocycles. The first-order valence-electron chi connectivity index (χ1n) is 15.6. The fourth-order valence-electron chi connectivity index (χ4n) is 6.46. The van der Waals surface area contributed by atoms with Gasteiger partial charge in [0.1, 0.15) is 24.4 Å². The van der Waals surface area contributed by atoms with E-state index in [0.717, 1.165) is 72.6 Å². The summed E-state index contributed by atoms with van der Waals surface area (Å²) in [5.74, 6) is 2.47. The number of carbonyl (C=O) groups excluding carboxylic acids is 1. The van der Waals surface area contributed by atoms with Crippen LogP contribution in [0.15, 0.2) is 85.2 Å². The number of carbonyl (C=O) groups is 1. The van der Waals surface area contributed by atoms with Gasteiger partial charge in [-0.25, -0.2) is 4.98 Å². The third kappa shape index (κ3) is 5.97. The molecule has 2 aliphatic heterocycles. The summed E-state index contributed by atoms with van der Waals surface area (Å²) >= 11 is 0. The molecule has 0 spiro atoms. The summed E-state index contributed by atoms with van der Waals surface area (Å²) in [7, 11) is 0. The maximum Gasteiger partial charge on any atom is 0.275 e. The highest BCUT2D eigenvalue weighted by Gasteiger charge is 2.35. The third-order valence-corrected chi connectivity index (χ3v) is 8.97. The van der Waals surface area contributed by atoms with Crippen LogP contribution in [-0.4, -0.2) is 77.2 Å². The summed E-state index contributed by atoms with van der Waals surface area (Å²) in [6, 6.07) is 26.1. The van der Waals surface area contributed by atoms with E-state index in [-0.39, 0.29) is 11.9 Å². The van der Waals surface area contributed by atoms with Crippen LogP contribution in [0.3, 0.4) is 0 Å². The molecule has 1 aliphatic carbocycles. The summed E-state index contributed by atoms with van der Waals surface area (Å²) in [6.45, 7) is 5.52. The highest BCUT2D eigenvalue weighted by atomic mass is 16.5.